The molecule has 1 heterocycles. The molecule has 13 heavy (non-hydrogen) atoms. The van der Waals surface area contributed by atoms with Crippen molar-refractivity contribution in [3.63, 3.8) is 0 Å². The topological polar surface area (TPSA) is 40.5 Å². The summed E-state index contributed by atoms with van der Waals surface area (Å²) in [6, 6.07) is 1.12. The van der Waals surface area contributed by atoms with Crippen LogP contribution in [0.4, 0.5) is 0 Å². The van der Waals surface area contributed by atoms with Crippen LogP contribution in [0.5, 0.6) is 0 Å². The van der Waals surface area contributed by atoms with Gasteiger partial charge in [0.2, 0.25) is 0 Å². The molecule has 1 aliphatic heterocycles. The van der Waals surface area contributed by atoms with Crippen molar-refractivity contribution in [3.8, 4) is 0 Å². The number of carboxylic acid groups (broad SMARTS) is 1. The van der Waals surface area contributed by atoms with Crippen LogP contribution in [-0.2, 0) is 4.79 Å². The quantitative estimate of drug-likeness (QED) is 0.738. The van der Waals surface area contributed by atoms with E-state index in [1.165, 1.54) is 25.0 Å². The number of carbonyl (C=O) groups is 1. The minimum absolute atomic E-state index is 0.246. The Bertz CT molecular complexity index is 200. The number of rotatable bonds is 4. The van der Waals surface area contributed by atoms with Crippen LogP contribution in [0.25, 0.3) is 0 Å². The van der Waals surface area contributed by atoms with Crippen molar-refractivity contribution in [2.24, 2.45) is 0 Å². The predicted octanol–water partition coefficient (Wildman–Crippen LogP) is 1.04. The molecule has 0 aromatic rings. The molecule has 1 atom stereocenters. The lowest BCUT2D eigenvalue weighted by Gasteiger charge is -2.26. The number of aliphatic carboxylic acids is 1. The van der Waals surface area contributed by atoms with E-state index < -0.39 is 5.97 Å². The highest BCUT2D eigenvalue weighted by Gasteiger charge is 2.36. The molecule has 0 radical (unpaired) electrons. The second-order valence-electron chi connectivity index (χ2n) is 3.81. The van der Waals surface area contributed by atoms with Crippen molar-refractivity contribution in [2.75, 3.05) is 18.1 Å². The summed E-state index contributed by atoms with van der Waals surface area (Å²) in [5.74, 6) is 1.65. The first-order valence-electron chi connectivity index (χ1n) is 4.82. The maximum Gasteiger partial charge on any atom is 0.317 e. The van der Waals surface area contributed by atoms with Gasteiger partial charge in [-0.1, -0.05) is 0 Å². The summed E-state index contributed by atoms with van der Waals surface area (Å²) in [5.41, 5.74) is 0. The van der Waals surface area contributed by atoms with Gasteiger partial charge in [0.1, 0.15) is 0 Å². The highest BCUT2D eigenvalue weighted by molar-refractivity contribution is 7.99. The fraction of sp³-hybridized carbons (Fsp3) is 0.889. The van der Waals surface area contributed by atoms with Crippen LogP contribution >= 0.6 is 11.8 Å². The van der Waals surface area contributed by atoms with Gasteiger partial charge in [0, 0.05) is 17.8 Å². The van der Waals surface area contributed by atoms with Crippen molar-refractivity contribution < 1.29 is 9.90 Å². The molecule has 0 aromatic carbocycles. The molecule has 1 N–H and O–H groups in total. The third-order valence-electron chi connectivity index (χ3n) is 2.71. The Balaban J connectivity index is 1.91. The van der Waals surface area contributed by atoms with Gasteiger partial charge in [-0.3, -0.25) is 9.69 Å². The van der Waals surface area contributed by atoms with Gasteiger partial charge in [-0.2, -0.15) is 11.8 Å². The summed E-state index contributed by atoms with van der Waals surface area (Å²) in [6.07, 6.45) is 3.58. The Morgan fingerprint density at radius 2 is 2.15 bits per heavy atom. The van der Waals surface area contributed by atoms with E-state index in [-0.39, 0.29) is 6.54 Å². The Kier molecular flexibility index (Phi) is 2.79. The highest BCUT2D eigenvalue weighted by atomic mass is 32.2. The molecule has 1 saturated carbocycles. The van der Waals surface area contributed by atoms with E-state index in [9.17, 15) is 4.79 Å². The van der Waals surface area contributed by atoms with Crippen LogP contribution in [0, 0.1) is 0 Å². The van der Waals surface area contributed by atoms with E-state index in [2.05, 4.69) is 4.90 Å². The summed E-state index contributed by atoms with van der Waals surface area (Å²) in [4.78, 5) is 12.8. The van der Waals surface area contributed by atoms with Gasteiger partial charge in [-0.05, 0) is 25.0 Å². The molecule has 2 aliphatic rings. The smallest absolute Gasteiger partial charge is 0.317 e. The van der Waals surface area contributed by atoms with Gasteiger partial charge in [0.05, 0.1) is 6.54 Å². The monoisotopic (exact) mass is 201 g/mol. The molecule has 4 heteroatoms. The Morgan fingerprint density at radius 1 is 1.38 bits per heavy atom. The summed E-state index contributed by atoms with van der Waals surface area (Å²) in [7, 11) is 0. The number of thioether (sulfide) groups is 1. The lowest BCUT2D eigenvalue weighted by molar-refractivity contribution is -0.139. The van der Waals surface area contributed by atoms with Crippen molar-refractivity contribution in [1.82, 2.24) is 4.90 Å². The van der Waals surface area contributed by atoms with E-state index in [4.69, 9.17) is 5.11 Å². The van der Waals surface area contributed by atoms with Crippen LogP contribution in [0.1, 0.15) is 19.3 Å². The predicted molar refractivity (Wildman–Crippen MR) is 53.1 cm³/mol. The molecular formula is C9H15NO2S. The van der Waals surface area contributed by atoms with Crippen molar-refractivity contribution in [1.29, 1.82) is 0 Å². The van der Waals surface area contributed by atoms with E-state index >= 15 is 0 Å². The lowest BCUT2D eigenvalue weighted by atomic mass is 10.2. The van der Waals surface area contributed by atoms with Crippen LogP contribution in [0.3, 0.4) is 0 Å². The molecule has 3 nitrogen and oxygen atoms in total. The number of carboxylic acids is 1. The van der Waals surface area contributed by atoms with Crippen molar-refractivity contribution in [3.05, 3.63) is 0 Å². The molecule has 0 amide bonds. The van der Waals surface area contributed by atoms with Gasteiger partial charge in [-0.25, -0.2) is 0 Å². The van der Waals surface area contributed by atoms with Gasteiger partial charge in [0.25, 0.3) is 0 Å². The third-order valence-corrected chi connectivity index (χ3v) is 3.85. The summed E-state index contributed by atoms with van der Waals surface area (Å²) >= 11 is 1.95. The first-order chi connectivity index (χ1) is 6.27. The average molecular weight is 201 g/mol. The molecule has 1 unspecified atom stereocenters. The largest absolute Gasteiger partial charge is 0.480 e. The minimum Gasteiger partial charge on any atom is -0.480 e. The van der Waals surface area contributed by atoms with E-state index in [0.29, 0.717) is 12.1 Å². The maximum atomic E-state index is 10.7. The van der Waals surface area contributed by atoms with Crippen LogP contribution in [0.2, 0.25) is 0 Å². The zero-order chi connectivity index (χ0) is 9.26. The zero-order valence-electron chi connectivity index (χ0n) is 7.61. The van der Waals surface area contributed by atoms with Crippen molar-refractivity contribution in [2.45, 2.75) is 31.3 Å². The number of nitrogens with zero attached hydrogens (tertiary/aromatic N) is 1. The molecule has 74 valence electrons. The molecule has 0 bridgehead atoms. The second-order valence-corrected chi connectivity index (χ2v) is 4.96. The highest BCUT2D eigenvalue weighted by Crippen LogP contribution is 2.33. The first kappa shape index (κ1) is 9.34. The fourth-order valence-corrected chi connectivity index (χ4v) is 3.14. The van der Waals surface area contributed by atoms with E-state index in [1.807, 2.05) is 11.8 Å². The summed E-state index contributed by atoms with van der Waals surface area (Å²) < 4.78 is 0. The third kappa shape index (κ3) is 2.38. The molecule has 1 saturated heterocycles. The molecule has 2 rings (SSSR count). The average Bonchev–Trinajstić information content (AvgIpc) is 2.77. The van der Waals surface area contributed by atoms with E-state index in [1.54, 1.807) is 0 Å². The molecule has 1 aliphatic carbocycles. The van der Waals surface area contributed by atoms with Gasteiger partial charge < -0.3 is 5.11 Å². The first-order valence-corrected chi connectivity index (χ1v) is 5.98. The van der Waals surface area contributed by atoms with Crippen LogP contribution < -0.4 is 0 Å². The van der Waals surface area contributed by atoms with Crippen LogP contribution in [0.15, 0.2) is 0 Å². The molecule has 0 spiro atoms. The maximum absolute atomic E-state index is 10.7. The number of hydrogen-bond donors (Lipinski definition) is 1. The van der Waals surface area contributed by atoms with Gasteiger partial charge in [0.15, 0.2) is 0 Å². The summed E-state index contributed by atoms with van der Waals surface area (Å²) in [5, 5.41) is 8.77. The summed E-state index contributed by atoms with van der Waals surface area (Å²) in [6.45, 7) is 0.246. The normalized spacial score (nSPS) is 28.2. The zero-order valence-corrected chi connectivity index (χ0v) is 8.42. The van der Waals surface area contributed by atoms with Gasteiger partial charge >= 0.3 is 5.97 Å². The minimum atomic E-state index is -0.677. The van der Waals surface area contributed by atoms with Crippen LogP contribution in [-0.4, -0.2) is 46.1 Å². The number of hydrogen-bond acceptors (Lipinski definition) is 3. The van der Waals surface area contributed by atoms with E-state index in [0.717, 1.165) is 5.75 Å². The molecular weight excluding hydrogens is 186 g/mol. The lowest BCUT2D eigenvalue weighted by Crippen LogP contribution is -2.40. The Morgan fingerprint density at radius 3 is 2.62 bits per heavy atom. The Hall–Kier alpha value is -0.220. The SMILES string of the molecule is O=C(O)CN(C1CC1)C1CCSC1. The Labute approximate surface area is 82.5 Å². The molecule has 2 fully saturated rings. The second kappa shape index (κ2) is 3.88. The standard InChI is InChI=1S/C9H15NO2S/c11-9(12)5-10(7-1-2-7)8-3-4-13-6-8/h7-8H,1-6H2,(H,11,12). The van der Waals surface area contributed by atoms with Crippen molar-refractivity contribution >= 4 is 17.7 Å². The van der Waals surface area contributed by atoms with Gasteiger partial charge in [-0.15, -0.1) is 0 Å². The fourth-order valence-electron chi connectivity index (χ4n) is 1.90. The molecule has 0 aromatic heterocycles.